The zero-order valence-corrected chi connectivity index (χ0v) is 28.3. The van der Waals surface area contributed by atoms with E-state index >= 15 is 0 Å². The zero-order valence-electron chi connectivity index (χ0n) is 28.3. The first kappa shape index (κ1) is 33.8. The number of nitrogens with one attached hydrogen (secondary N) is 2. The highest BCUT2D eigenvalue weighted by Crippen LogP contribution is 2.42. The number of nitrogens with two attached hydrogens (primary N) is 1. The highest BCUT2D eigenvalue weighted by Gasteiger charge is 2.30. The van der Waals surface area contributed by atoms with Gasteiger partial charge in [-0.25, -0.2) is 14.6 Å². The summed E-state index contributed by atoms with van der Waals surface area (Å²) in [5.74, 6) is -1.22. The second-order valence-corrected chi connectivity index (χ2v) is 13.9. The molecule has 0 unspecified atom stereocenters. The number of ether oxygens (including phenoxy) is 2. The van der Waals surface area contributed by atoms with Gasteiger partial charge in [-0.2, -0.15) is 0 Å². The molecule has 2 aliphatic carbocycles. The number of pyridine rings is 2. The molecule has 6 rings (SSSR count). The number of fused-ring (bicyclic) bond motifs is 2. The third-order valence-corrected chi connectivity index (χ3v) is 9.64. The molecule has 0 saturated heterocycles. The molecule has 2 heterocycles. The van der Waals surface area contributed by atoms with Gasteiger partial charge in [-0.1, -0.05) is 25.3 Å². The Bertz CT molecular complexity index is 1960. The molecule has 6 N–H and O–H groups in total. The number of benzene rings is 2. The summed E-state index contributed by atoms with van der Waals surface area (Å²) in [5.41, 5.74) is 7.57. The predicted molar refractivity (Wildman–Crippen MR) is 187 cm³/mol. The molecule has 4 aromatic rings. The van der Waals surface area contributed by atoms with Crippen molar-refractivity contribution >= 4 is 56.7 Å². The van der Waals surface area contributed by atoms with Crippen molar-refractivity contribution in [1.82, 2.24) is 15.3 Å². The van der Waals surface area contributed by atoms with Crippen molar-refractivity contribution in [1.29, 1.82) is 0 Å². The number of hydrogen-bond acceptors (Lipinski definition) is 9. The summed E-state index contributed by atoms with van der Waals surface area (Å²) in [6, 6.07) is 8.77. The van der Waals surface area contributed by atoms with Crippen LogP contribution in [0.2, 0.25) is 0 Å². The van der Waals surface area contributed by atoms with Crippen molar-refractivity contribution < 1.29 is 34.1 Å². The summed E-state index contributed by atoms with van der Waals surface area (Å²) in [5, 5.41) is 27.6. The van der Waals surface area contributed by atoms with Gasteiger partial charge in [-0.05, 0) is 83.6 Å². The molecular formula is C37H43N5O7. The van der Waals surface area contributed by atoms with Gasteiger partial charge >= 0.3 is 11.9 Å². The fourth-order valence-electron chi connectivity index (χ4n) is 6.82. The van der Waals surface area contributed by atoms with E-state index in [0.29, 0.717) is 40.6 Å². The first-order chi connectivity index (χ1) is 23.3. The molecule has 12 nitrogen and oxygen atoms in total. The Labute approximate surface area is 284 Å². The van der Waals surface area contributed by atoms with Crippen LogP contribution in [0.5, 0.6) is 11.5 Å². The quantitative estimate of drug-likeness (QED) is 0.107. The lowest BCUT2D eigenvalue weighted by Gasteiger charge is -2.28. The van der Waals surface area contributed by atoms with Crippen LogP contribution >= 0.6 is 0 Å². The van der Waals surface area contributed by atoms with Crippen LogP contribution in [0.25, 0.3) is 21.8 Å². The van der Waals surface area contributed by atoms with E-state index in [0.717, 1.165) is 38.5 Å². The number of carbonyl (C=O) groups is 3. The minimum absolute atomic E-state index is 0.00869. The molecule has 1 amide bonds. The van der Waals surface area contributed by atoms with Crippen molar-refractivity contribution in [3.63, 3.8) is 0 Å². The van der Waals surface area contributed by atoms with E-state index in [4.69, 9.17) is 15.2 Å². The van der Waals surface area contributed by atoms with Gasteiger partial charge in [0.2, 0.25) is 5.91 Å². The molecule has 49 heavy (non-hydrogen) atoms. The highest BCUT2D eigenvalue weighted by molar-refractivity contribution is 6.13. The number of carboxylic acids is 2. The van der Waals surface area contributed by atoms with Crippen LogP contribution in [-0.4, -0.2) is 56.8 Å². The lowest BCUT2D eigenvalue weighted by molar-refractivity contribution is -0.126. The minimum Gasteiger partial charge on any atom is -0.493 e. The Morgan fingerprint density at radius 3 is 2.20 bits per heavy atom. The van der Waals surface area contributed by atoms with Gasteiger partial charge in [0, 0.05) is 5.92 Å². The molecular weight excluding hydrogens is 626 g/mol. The van der Waals surface area contributed by atoms with Gasteiger partial charge in [-0.15, -0.1) is 0 Å². The Hall–Kier alpha value is -5.13. The van der Waals surface area contributed by atoms with E-state index in [1.807, 2.05) is 19.9 Å². The summed E-state index contributed by atoms with van der Waals surface area (Å²) in [4.78, 5) is 47.2. The lowest BCUT2D eigenvalue weighted by Crippen LogP contribution is -2.49. The van der Waals surface area contributed by atoms with E-state index in [1.54, 1.807) is 38.1 Å². The number of nitrogens with zero attached hydrogens (tertiary/aromatic N) is 2. The van der Waals surface area contributed by atoms with Crippen molar-refractivity contribution in [3.05, 3.63) is 52.8 Å². The van der Waals surface area contributed by atoms with Crippen LogP contribution in [0.1, 0.15) is 90.9 Å². The highest BCUT2D eigenvalue weighted by atomic mass is 16.5. The van der Waals surface area contributed by atoms with Gasteiger partial charge in [0.05, 0.1) is 62.4 Å². The fourth-order valence-corrected chi connectivity index (χ4v) is 6.82. The average molecular weight is 670 g/mol. The number of anilines is 3. The van der Waals surface area contributed by atoms with Crippen LogP contribution in [0.4, 0.5) is 17.1 Å². The molecule has 12 heteroatoms. The maximum absolute atomic E-state index is 12.9. The average Bonchev–Trinajstić information content (AvgIpc) is 3.55. The number of rotatable bonds is 12. The number of carbonyl (C=O) groups excluding carboxylic acids is 1. The van der Waals surface area contributed by atoms with Crippen LogP contribution in [-0.2, 0) is 4.79 Å². The number of hydrogen-bond donors (Lipinski definition) is 5. The molecule has 258 valence electrons. The number of nitrogen functional groups attached to an aromatic ring is 1. The molecule has 0 aliphatic heterocycles. The first-order valence-corrected chi connectivity index (χ1v) is 16.8. The second kappa shape index (κ2) is 13.4. The van der Waals surface area contributed by atoms with Crippen LogP contribution in [0.15, 0.2) is 30.3 Å². The lowest BCUT2D eigenvalue weighted by atomic mass is 9.86. The third-order valence-electron chi connectivity index (χ3n) is 9.64. The standard InChI is InChI=1S/C37H43N5O7/c1-19-27(35(44)45)31(38)30-26(49-18-37(3,4)42-34(43)22-11-5-6-12-22)16-15-24(32(30)40-19)41-33-28(36(46)47)20(2)39-23-13-8-14-25(29(23)33)48-17-21-9-7-10-21/h8,13-16,21-22H,5-7,9-12,17-18H2,1-4H3,(H2,38,40)(H,39,41)(H,42,43)(H,44,45)(H,46,47). The second-order valence-electron chi connectivity index (χ2n) is 13.9. The SMILES string of the molecule is Cc1nc2cccc(OCC3CCC3)c2c(Nc2ccc(OCC(C)(C)NC(=O)C3CCCC3)c3c(N)c(C(=O)O)c(C)nc23)c1C(=O)O. The van der Waals surface area contributed by atoms with Crippen molar-refractivity contribution in [3.8, 4) is 11.5 Å². The molecule has 0 bridgehead atoms. The number of aromatic carboxylic acids is 2. The summed E-state index contributed by atoms with van der Waals surface area (Å²) < 4.78 is 12.5. The summed E-state index contributed by atoms with van der Waals surface area (Å²) in [6.07, 6.45) is 7.15. The van der Waals surface area contributed by atoms with Crippen LogP contribution < -0.4 is 25.8 Å². The molecule has 0 spiro atoms. The van der Waals surface area contributed by atoms with Gasteiger partial charge in [-0.3, -0.25) is 9.78 Å². The van der Waals surface area contributed by atoms with Crippen molar-refractivity contribution in [2.24, 2.45) is 11.8 Å². The third kappa shape index (κ3) is 6.77. The van der Waals surface area contributed by atoms with E-state index < -0.39 is 17.5 Å². The largest absolute Gasteiger partial charge is 0.493 e. The molecule has 2 aromatic heterocycles. The Balaban J connectivity index is 1.44. The van der Waals surface area contributed by atoms with E-state index in [1.165, 1.54) is 6.42 Å². The van der Waals surface area contributed by atoms with Gasteiger partial charge in [0.15, 0.2) is 0 Å². The van der Waals surface area contributed by atoms with Gasteiger partial charge in [0.1, 0.15) is 29.2 Å². The van der Waals surface area contributed by atoms with E-state index in [-0.39, 0.29) is 63.3 Å². The number of aromatic nitrogens is 2. The molecule has 2 fully saturated rings. The Morgan fingerprint density at radius 1 is 0.878 bits per heavy atom. The molecule has 0 atom stereocenters. The van der Waals surface area contributed by atoms with Crippen molar-refractivity contribution in [2.45, 2.75) is 78.2 Å². The van der Waals surface area contributed by atoms with Crippen molar-refractivity contribution in [2.75, 3.05) is 24.3 Å². The molecule has 2 saturated carbocycles. The monoisotopic (exact) mass is 669 g/mol. The fraction of sp³-hybridized carbons (Fsp3) is 0.432. The van der Waals surface area contributed by atoms with Gasteiger partial charge in [0.25, 0.3) is 0 Å². The Kier molecular flexibility index (Phi) is 9.24. The molecule has 2 aromatic carbocycles. The van der Waals surface area contributed by atoms with Crippen LogP contribution in [0.3, 0.4) is 0 Å². The number of aryl methyl sites for hydroxylation is 2. The van der Waals surface area contributed by atoms with Crippen LogP contribution in [0, 0.1) is 25.7 Å². The normalized spacial score (nSPS) is 15.3. The van der Waals surface area contributed by atoms with Gasteiger partial charge < -0.3 is 36.1 Å². The number of carboxylic acid groups (broad SMARTS) is 2. The summed E-state index contributed by atoms with van der Waals surface area (Å²) in [6.45, 7) is 7.50. The maximum atomic E-state index is 12.9. The predicted octanol–water partition coefficient (Wildman–Crippen LogP) is 6.76. The summed E-state index contributed by atoms with van der Waals surface area (Å²) in [7, 11) is 0. The maximum Gasteiger partial charge on any atom is 0.339 e. The topological polar surface area (TPSA) is 186 Å². The summed E-state index contributed by atoms with van der Waals surface area (Å²) >= 11 is 0. The first-order valence-electron chi connectivity index (χ1n) is 16.8. The molecule has 2 aliphatic rings. The van der Waals surface area contributed by atoms with E-state index in [9.17, 15) is 24.6 Å². The molecule has 0 radical (unpaired) electrons. The number of amides is 1. The van der Waals surface area contributed by atoms with E-state index in [2.05, 4.69) is 20.6 Å². The Morgan fingerprint density at radius 2 is 1.55 bits per heavy atom. The minimum atomic E-state index is -1.24. The smallest absolute Gasteiger partial charge is 0.339 e. The zero-order chi connectivity index (χ0) is 35.0.